The highest BCUT2D eigenvalue weighted by molar-refractivity contribution is 7.89. The van der Waals surface area contributed by atoms with Crippen LogP contribution in [0.15, 0.2) is 23.1 Å². The SMILES string of the molecule is CC1CN(S(=O)(=O)c2cc(F)ccc2F)CC(C)N1. The molecule has 0 amide bonds. The average Bonchev–Trinajstić information content (AvgIpc) is 2.31. The van der Waals surface area contributed by atoms with Crippen LogP contribution in [0.2, 0.25) is 0 Å². The minimum atomic E-state index is -4.00. The maximum absolute atomic E-state index is 13.6. The first-order chi connectivity index (χ1) is 8.80. The fraction of sp³-hybridized carbons (Fsp3) is 0.500. The second-order valence-electron chi connectivity index (χ2n) is 4.87. The second-order valence-corrected chi connectivity index (χ2v) is 6.77. The lowest BCUT2D eigenvalue weighted by Gasteiger charge is -2.35. The molecule has 1 heterocycles. The van der Waals surface area contributed by atoms with Crippen LogP contribution in [0.25, 0.3) is 0 Å². The first-order valence-corrected chi connectivity index (χ1v) is 7.46. The van der Waals surface area contributed by atoms with Gasteiger partial charge in [0, 0.05) is 25.2 Å². The number of hydrogen-bond donors (Lipinski definition) is 1. The number of hydrogen-bond acceptors (Lipinski definition) is 3. The van der Waals surface area contributed by atoms with Gasteiger partial charge in [-0.2, -0.15) is 4.31 Å². The topological polar surface area (TPSA) is 49.4 Å². The van der Waals surface area contributed by atoms with E-state index in [9.17, 15) is 17.2 Å². The van der Waals surface area contributed by atoms with E-state index in [0.29, 0.717) is 0 Å². The molecule has 0 aliphatic carbocycles. The first kappa shape index (κ1) is 14.4. The predicted molar refractivity (Wildman–Crippen MR) is 67.2 cm³/mol. The lowest BCUT2D eigenvalue weighted by atomic mass is 10.2. The number of sulfonamides is 1. The Morgan fingerprint density at radius 1 is 1.21 bits per heavy atom. The van der Waals surface area contributed by atoms with Crippen LogP contribution in [0.1, 0.15) is 13.8 Å². The van der Waals surface area contributed by atoms with Crippen LogP contribution >= 0.6 is 0 Å². The van der Waals surface area contributed by atoms with Gasteiger partial charge in [-0.05, 0) is 32.0 Å². The largest absolute Gasteiger partial charge is 0.309 e. The third-order valence-electron chi connectivity index (χ3n) is 3.04. The molecule has 1 fully saturated rings. The van der Waals surface area contributed by atoms with Crippen LogP contribution in [0.5, 0.6) is 0 Å². The van der Waals surface area contributed by atoms with E-state index in [4.69, 9.17) is 0 Å². The zero-order valence-electron chi connectivity index (χ0n) is 10.7. The molecular formula is C12H16F2N2O2S. The summed E-state index contributed by atoms with van der Waals surface area (Å²) >= 11 is 0. The minimum Gasteiger partial charge on any atom is -0.309 e. The van der Waals surface area contributed by atoms with E-state index >= 15 is 0 Å². The van der Waals surface area contributed by atoms with Crippen molar-refractivity contribution in [3.63, 3.8) is 0 Å². The predicted octanol–water partition coefficient (Wildman–Crippen LogP) is 1.34. The fourth-order valence-corrected chi connectivity index (χ4v) is 3.98. The van der Waals surface area contributed by atoms with E-state index in [2.05, 4.69) is 5.32 Å². The number of rotatable bonds is 2. The summed E-state index contributed by atoms with van der Waals surface area (Å²) in [6.07, 6.45) is 0. The summed E-state index contributed by atoms with van der Waals surface area (Å²) in [6.45, 7) is 4.17. The average molecular weight is 290 g/mol. The Morgan fingerprint density at radius 2 is 1.79 bits per heavy atom. The molecule has 106 valence electrons. The maximum Gasteiger partial charge on any atom is 0.246 e. The van der Waals surface area contributed by atoms with Gasteiger partial charge in [0.25, 0.3) is 0 Å². The van der Waals surface area contributed by atoms with Crippen molar-refractivity contribution in [2.45, 2.75) is 30.8 Å². The Hall–Kier alpha value is -1.05. The molecule has 0 bridgehead atoms. The normalized spacial score (nSPS) is 25.5. The lowest BCUT2D eigenvalue weighted by Crippen LogP contribution is -2.55. The van der Waals surface area contributed by atoms with Gasteiger partial charge in [0.1, 0.15) is 16.5 Å². The minimum absolute atomic E-state index is 0.0323. The van der Waals surface area contributed by atoms with Crippen LogP contribution in [0, 0.1) is 11.6 Å². The molecule has 2 atom stereocenters. The third-order valence-corrected chi connectivity index (χ3v) is 4.88. The lowest BCUT2D eigenvalue weighted by molar-refractivity contribution is 0.262. The van der Waals surface area contributed by atoms with Gasteiger partial charge in [-0.25, -0.2) is 17.2 Å². The fourth-order valence-electron chi connectivity index (χ4n) is 2.29. The van der Waals surface area contributed by atoms with Crippen LogP contribution in [-0.4, -0.2) is 37.9 Å². The Bertz CT molecular complexity index is 567. The van der Waals surface area contributed by atoms with E-state index in [1.807, 2.05) is 13.8 Å². The van der Waals surface area contributed by atoms with Gasteiger partial charge in [0.2, 0.25) is 10.0 Å². The number of nitrogens with zero attached hydrogens (tertiary/aromatic N) is 1. The highest BCUT2D eigenvalue weighted by Gasteiger charge is 2.33. The molecule has 1 N–H and O–H groups in total. The van der Waals surface area contributed by atoms with Gasteiger partial charge in [-0.3, -0.25) is 0 Å². The number of halogens is 2. The van der Waals surface area contributed by atoms with E-state index in [-0.39, 0.29) is 25.2 Å². The van der Waals surface area contributed by atoms with Gasteiger partial charge in [0.05, 0.1) is 0 Å². The summed E-state index contributed by atoms with van der Waals surface area (Å²) in [5.41, 5.74) is 0. The van der Waals surface area contributed by atoms with Crippen molar-refractivity contribution in [3.05, 3.63) is 29.8 Å². The van der Waals surface area contributed by atoms with E-state index in [1.54, 1.807) is 0 Å². The molecule has 7 heteroatoms. The van der Waals surface area contributed by atoms with E-state index in [1.165, 1.54) is 4.31 Å². The second kappa shape index (κ2) is 5.15. The van der Waals surface area contributed by atoms with Crippen molar-refractivity contribution < 1.29 is 17.2 Å². The standard InChI is InChI=1S/C12H16F2N2O2S/c1-8-6-16(7-9(2)15-8)19(17,18)12-5-10(13)3-4-11(12)14/h3-5,8-9,15H,6-7H2,1-2H3. The van der Waals surface area contributed by atoms with Crippen molar-refractivity contribution in [1.82, 2.24) is 9.62 Å². The van der Waals surface area contributed by atoms with E-state index < -0.39 is 26.6 Å². The van der Waals surface area contributed by atoms with Gasteiger partial charge in [-0.15, -0.1) is 0 Å². The van der Waals surface area contributed by atoms with Gasteiger partial charge in [-0.1, -0.05) is 0 Å². The zero-order valence-corrected chi connectivity index (χ0v) is 11.5. The zero-order chi connectivity index (χ0) is 14.2. The molecule has 0 spiro atoms. The molecule has 2 rings (SSSR count). The Labute approximate surface area is 111 Å². The molecule has 0 radical (unpaired) electrons. The molecule has 0 aromatic heterocycles. The Balaban J connectivity index is 2.39. The van der Waals surface area contributed by atoms with Gasteiger partial charge in [0.15, 0.2) is 0 Å². The molecule has 19 heavy (non-hydrogen) atoms. The van der Waals surface area contributed by atoms with Crippen LogP contribution in [0.3, 0.4) is 0 Å². The monoisotopic (exact) mass is 290 g/mol. The summed E-state index contributed by atoms with van der Waals surface area (Å²) < 4.78 is 52.6. The van der Waals surface area contributed by atoms with Crippen molar-refractivity contribution in [1.29, 1.82) is 0 Å². The summed E-state index contributed by atoms with van der Waals surface area (Å²) in [4.78, 5) is -0.603. The van der Waals surface area contributed by atoms with E-state index in [0.717, 1.165) is 18.2 Å². The number of nitrogens with one attached hydrogen (secondary N) is 1. The van der Waals surface area contributed by atoms with Crippen molar-refractivity contribution in [2.75, 3.05) is 13.1 Å². The van der Waals surface area contributed by atoms with Crippen molar-refractivity contribution >= 4 is 10.0 Å². The maximum atomic E-state index is 13.6. The van der Waals surface area contributed by atoms with Crippen LogP contribution in [0.4, 0.5) is 8.78 Å². The van der Waals surface area contributed by atoms with Crippen molar-refractivity contribution in [2.24, 2.45) is 0 Å². The molecule has 1 aliphatic heterocycles. The molecule has 1 aromatic carbocycles. The van der Waals surface area contributed by atoms with Crippen molar-refractivity contribution in [3.8, 4) is 0 Å². The molecule has 2 unspecified atom stereocenters. The van der Waals surface area contributed by atoms with Gasteiger partial charge < -0.3 is 5.32 Å². The first-order valence-electron chi connectivity index (χ1n) is 6.02. The Kier molecular flexibility index (Phi) is 3.89. The molecular weight excluding hydrogens is 274 g/mol. The molecule has 1 aromatic rings. The number of benzene rings is 1. The quantitative estimate of drug-likeness (QED) is 0.894. The highest BCUT2D eigenvalue weighted by atomic mass is 32.2. The summed E-state index contributed by atoms with van der Waals surface area (Å²) in [6, 6.07) is 2.39. The smallest absolute Gasteiger partial charge is 0.246 e. The molecule has 1 aliphatic rings. The summed E-state index contributed by atoms with van der Waals surface area (Å²) in [5.74, 6) is -1.70. The summed E-state index contributed by atoms with van der Waals surface area (Å²) in [5, 5.41) is 3.18. The molecule has 0 saturated carbocycles. The molecule has 4 nitrogen and oxygen atoms in total. The van der Waals surface area contributed by atoms with Crippen LogP contribution < -0.4 is 5.32 Å². The molecule has 1 saturated heterocycles. The van der Waals surface area contributed by atoms with Gasteiger partial charge >= 0.3 is 0 Å². The highest BCUT2D eigenvalue weighted by Crippen LogP contribution is 2.22. The Morgan fingerprint density at radius 3 is 2.37 bits per heavy atom. The van der Waals surface area contributed by atoms with Crippen LogP contribution in [-0.2, 0) is 10.0 Å². The third kappa shape index (κ3) is 2.93. The number of piperazine rings is 1. The summed E-state index contributed by atoms with van der Waals surface area (Å²) in [7, 11) is -4.00.